The van der Waals surface area contributed by atoms with Gasteiger partial charge in [0.05, 0.1) is 4.90 Å². The van der Waals surface area contributed by atoms with Crippen LogP contribution in [0.5, 0.6) is 0 Å². The van der Waals surface area contributed by atoms with Crippen LogP contribution in [-0.2, 0) is 6.54 Å². The molecule has 3 nitrogen and oxygen atoms in total. The number of imidazole rings is 1. The third-order valence-corrected chi connectivity index (χ3v) is 3.40. The zero-order chi connectivity index (χ0) is 12.8. The molecule has 0 amide bonds. The molecule has 96 valence electrons. The van der Waals surface area contributed by atoms with Crippen molar-refractivity contribution in [1.29, 1.82) is 0 Å². The van der Waals surface area contributed by atoms with Gasteiger partial charge in [0.2, 0.25) is 0 Å². The fourth-order valence-corrected chi connectivity index (χ4v) is 2.30. The summed E-state index contributed by atoms with van der Waals surface area (Å²) < 4.78 is 13.9. The highest BCUT2D eigenvalue weighted by molar-refractivity contribution is 7.99. The number of hydrogen-bond acceptors (Lipinski definition) is 3. The molecule has 0 atom stereocenters. The van der Waals surface area contributed by atoms with Crippen LogP contribution in [0.15, 0.2) is 40.6 Å². The first-order chi connectivity index (χ1) is 8.79. The van der Waals surface area contributed by atoms with E-state index in [-0.39, 0.29) is 5.82 Å². The number of aromatic amines is 1. The van der Waals surface area contributed by atoms with Gasteiger partial charge in [-0.05, 0) is 42.4 Å². The number of rotatable bonds is 6. The molecule has 18 heavy (non-hydrogen) atoms. The summed E-state index contributed by atoms with van der Waals surface area (Å²) in [6.45, 7) is 3.76. The largest absolute Gasteiger partial charge is 0.339 e. The van der Waals surface area contributed by atoms with Gasteiger partial charge in [-0.1, -0.05) is 13.0 Å². The van der Waals surface area contributed by atoms with E-state index in [4.69, 9.17) is 0 Å². The number of hydrogen-bond donors (Lipinski definition) is 2. The van der Waals surface area contributed by atoms with E-state index in [1.54, 1.807) is 24.5 Å². The molecule has 0 aliphatic heterocycles. The van der Waals surface area contributed by atoms with Gasteiger partial charge in [0.25, 0.3) is 0 Å². The smallest absolute Gasteiger partial charge is 0.170 e. The van der Waals surface area contributed by atoms with Crippen LogP contribution < -0.4 is 5.32 Å². The molecule has 1 aromatic carbocycles. The Labute approximate surface area is 110 Å². The summed E-state index contributed by atoms with van der Waals surface area (Å²) in [5.74, 6) is -0.202. The van der Waals surface area contributed by atoms with Gasteiger partial charge in [-0.2, -0.15) is 0 Å². The Hall–Kier alpha value is -1.33. The molecule has 2 aromatic rings. The minimum Gasteiger partial charge on any atom is -0.339 e. The molecule has 0 saturated carbocycles. The fourth-order valence-electron chi connectivity index (χ4n) is 1.56. The van der Waals surface area contributed by atoms with Crippen LogP contribution in [0.2, 0.25) is 0 Å². The lowest BCUT2D eigenvalue weighted by molar-refractivity contribution is 0.595. The molecule has 2 rings (SSSR count). The zero-order valence-electron chi connectivity index (χ0n) is 10.2. The lowest BCUT2D eigenvalue weighted by Gasteiger charge is -2.06. The minimum atomic E-state index is -0.202. The lowest BCUT2D eigenvalue weighted by Crippen LogP contribution is -2.13. The van der Waals surface area contributed by atoms with E-state index in [1.807, 2.05) is 6.07 Å². The van der Waals surface area contributed by atoms with Crippen LogP contribution in [-0.4, -0.2) is 16.5 Å². The molecule has 0 bridgehead atoms. The Kier molecular flexibility index (Phi) is 4.78. The number of benzene rings is 1. The molecule has 1 aromatic heterocycles. The molecule has 0 radical (unpaired) electrons. The van der Waals surface area contributed by atoms with Crippen molar-refractivity contribution in [3.05, 3.63) is 42.0 Å². The van der Waals surface area contributed by atoms with E-state index in [0.29, 0.717) is 16.6 Å². The average molecular weight is 265 g/mol. The Balaban J connectivity index is 2.01. The van der Waals surface area contributed by atoms with Crippen molar-refractivity contribution >= 4 is 11.8 Å². The Bertz CT molecular complexity index is 485. The maximum absolute atomic E-state index is 13.9. The van der Waals surface area contributed by atoms with Crippen LogP contribution >= 0.6 is 11.8 Å². The summed E-state index contributed by atoms with van der Waals surface area (Å²) in [7, 11) is 0. The van der Waals surface area contributed by atoms with Crippen molar-refractivity contribution < 1.29 is 4.39 Å². The highest BCUT2D eigenvalue weighted by Gasteiger charge is 2.06. The quantitative estimate of drug-likeness (QED) is 0.788. The minimum absolute atomic E-state index is 0.202. The Morgan fingerprint density at radius 1 is 1.44 bits per heavy atom. The molecule has 0 fully saturated rings. The second-order valence-corrected chi connectivity index (χ2v) is 4.97. The van der Waals surface area contributed by atoms with Gasteiger partial charge in [0.15, 0.2) is 5.16 Å². The van der Waals surface area contributed by atoms with Gasteiger partial charge in [0, 0.05) is 18.9 Å². The van der Waals surface area contributed by atoms with Crippen molar-refractivity contribution in [2.75, 3.05) is 6.54 Å². The summed E-state index contributed by atoms with van der Waals surface area (Å²) in [6, 6.07) is 5.32. The molecule has 0 unspecified atom stereocenters. The van der Waals surface area contributed by atoms with Gasteiger partial charge >= 0.3 is 0 Å². The van der Waals surface area contributed by atoms with Crippen LogP contribution in [0, 0.1) is 5.82 Å². The number of halogens is 1. The van der Waals surface area contributed by atoms with E-state index in [2.05, 4.69) is 22.2 Å². The predicted molar refractivity (Wildman–Crippen MR) is 71.1 cm³/mol. The van der Waals surface area contributed by atoms with E-state index in [1.165, 1.54) is 11.8 Å². The standard InChI is InChI=1S/C13H16FN3S/c1-2-5-15-9-10-3-4-12(11(14)8-10)18-13-16-6-7-17-13/h3-4,6-8,15H,2,5,9H2,1H3,(H,16,17). The van der Waals surface area contributed by atoms with Crippen LogP contribution in [0.4, 0.5) is 4.39 Å². The van der Waals surface area contributed by atoms with Crippen LogP contribution in [0.25, 0.3) is 0 Å². The third-order valence-electron chi connectivity index (χ3n) is 2.43. The van der Waals surface area contributed by atoms with Crippen molar-refractivity contribution in [3.63, 3.8) is 0 Å². The van der Waals surface area contributed by atoms with Gasteiger partial charge in [-0.3, -0.25) is 0 Å². The summed E-state index contributed by atoms with van der Waals surface area (Å²) in [5.41, 5.74) is 0.963. The molecular formula is C13H16FN3S. The highest BCUT2D eigenvalue weighted by Crippen LogP contribution is 2.27. The van der Waals surface area contributed by atoms with Crippen molar-refractivity contribution in [2.45, 2.75) is 29.9 Å². The first-order valence-corrected chi connectivity index (χ1v) is 6.77. The first-order valence-electron chi connectivity index (χ1n) is 5.96. The van der Waals surface area contributed by atoms with Crippen molar-refractivity contribution in [1.82, 2.24) is 15.3 Å². The van der Waals surface area contributed by atoms with E-state index >= 15 is 0 Å². The topological polar surface area (TPSA) is 40.7 Å². The number of nitrogens with zero attached hydrogens (tertiary/aromatic N) is 1. The Morgan fingerprint density at radius 3 is 3.00 bits per heavy atom. The van der Waals surface area contributed by atoms with E-state index < -0.39 is 0 Å². The van der Waals surface area contributed by atoms with Crippen molar-refractivity contribution in [2.24, 2.45) is 0 Å². The summed E-state index contributed by atoms with van der Waals surface area (Å²) in [4.78, 5) is 7.59. The van der Waals surface area contributed by atoms with Crippen LogP contribution in [0.1, 0.15) is 18.9 Å². The summed E-state index contributed by atoms with van der Waals surface area (Å²) in [6.07, 6.45) is 4.46. The molecule has 1 heterocycles. The van der Waals surface area contributed by atoms with Crippen molar-refractivity contribution in [3.8, 4) is 0 Å². The van der Waals surface area contributed by atoms with Gasteiger partial charge < -0.3 is 10.3 Å². The molecule has 0 spiro atoms. The summed E-state index contributed by atoms with van der Waals surface area (Å²) >= 11 is 1.30. The molecular weight excluding hydrogens is 249 g/mol. The van der Waals surface area contributed by atoms with Gasteiger partial charge in [-0.15, -0.1) is 0 Å². The number of aromatic nitrogens is 2. The second kappa shape index (κ2) is 6.56. The Morgan fingerprint density at radius 2 is 2.33 bits per heavy atom. The normalized spacial score (nSPS) is 10.8. The summed E-state index contributed by atoms with van der Waals surface area (Å²) in [5, 5.41) is 3.95. The average Bonchev–Trinajstić information content (AvgIpc) is 2.86. The monoisotopic (exact) mass is 265 g/mol. The third kappa shape index (κ3) is 3.58. The molecule has 5 heteroatoms. The lowest BCUT2D eigenvalue weighted by atomic mass is 10.2. The molecule has 0 aliphatic rings. The van der Waals surface area contributed by atoms with Gasteiger partial charge in [-0.25, -0.2) is 9.37 Å². The maximum atomic E-state index is 13.9. The van der Waals surface area contributed by atoms with E-state index in [9.17, 15) is 4.39 Å². The fraction of sp³-hybridized carbons (Fsp3) is 0.308. The molecule has 0 aliphatic carbocycles. The molecule has 0 saturated heterocycles. The maximum Gasteiger partial charge on any atom is 0.170 e. The predicted octanol–water partition coefficient (Wildman–Crippen LogP) is 3.20. The highest BCUT2D eigenvalue weighted by atomic mass is 32.2. The van der Waals surface area contributed by atoms with Crippen LogP contribution in [0.3, 0.4) is 0 Å². The van der Waals surface area contributed by atoms with E-state index in [0.717, 1.165) is 18.5 Å². The molecule has 2 N–H and O–H groups in total. The first kappa shape index (κ1) is 13.1. The second-order valence-electron chi connectivity index (χ2n) is 3.94. The number of H-pyrrole nitrogens is 1. The SMILES string of the molecule is CCCNCc1ccc(Sc2ncc[nH]2)c(F)c1. The van der Waals surface area contributed by atoms with Gasteiger partial charge in [0.1, 0.15) is 5.82 Å². The number of nitrogens with one attached hydrogen (secondary N) is 2. The zero-order valence-corrected chi connectivity index (χ0v) is 11.1.